The fourth-order valence-corrected chi connectivity index (χ4v) is 0.855. The van der Waals surface area contributed by atoms with Crippen LogP contribution in [0.4, 0.5) is 4.79 Å². The van der Waals surface area contributed by atoms with Crippen LogP contribution in [0.2, 0.25) is 1.41 Å². The van der Waals surface area contributed by atoms with Crippen LogP contribution in [0.15, 0.2) is 0 Å². The van der Waals surface area contributed by atoms with Crippen LogP contribution >= 0.6 is 0 Å². The molecular weight excluding hydrogens is 210 g/mol. The molecule has 0 aliphatic rings. The van der Waals surface area contributed by atoms with Crippen molar-refractivity contribution in [2.24, 2.45) is 5.92 Å². The van der Waals surface area contributed by atoms with Crippen molar-refractivity contribution in [2.75, 3.05) is 0 Å². The first kappa shape index (κ1) is 9.93. The van der Waals surface area contributed by atoms with Gasteiger partial charge >= 0.3 is 12.1 Å². The molecule has 2 N–H and O–H groups in total. The Kier molecular flexibility index (Phi) is 3.55. The van der Waals surface area contributed by atoms with Crippen molar-refractivity contribution in [1.82, 2.24) is 5.31 Å². The average molecular weight is 234 g/mol. The molecule has 0 aromatic rings. The molecule has 1 unspecified atom stereocenters. The Labute approximate surface area is 100 Å². The first-order valence-electron chi connectivity index (χ1n) is 6.54. The number of hydrogen-bond acceptors (Lipinski definition) is 3. The van der Waals surface area contributed by atoms with Crippen LogP contribution in [0.1, 0.15) is 43.8 Å². The molecule has 0 aliphatic heterocycles. The third-order valence-corrected chi connectivity index (χ3v) is 1.32. The van der Waals surface area contributed by atoms with Gasteiger partial charge in [0.1, 0.15) is 11.6 Å². The van der Waals surface area contributed by atoms with Gasteiger partial charge in [-0.25, -0.2) is 9.59 Å². The van der Waals surface area contributed by atoms with E-state index in [4.69, 9.17) is 14.0 Å². The second-order valence-electron chi connectivity index (χ2n) is 4.69. The molecule has 1 amide bonds. The van der Waals surface area contributed by atoms with E-state index in [9.17, 15) is 9.59 Å². The molecule has 0 spiro atoms. The summed E-state index contributed by atoms with van der Waals surface area (Å²) in [7, 11) is 0. The molecule has 2 atom stereocenters. The van der Waals surface area contributed by atoms with Gasteiger partial charge in [0.2, 0.25) is 0 Å². The maximum absolute atomic E-state index is 11.7. The Hall–Kier alpha value is -1.26. The highest BCUT2D eigenvalue weighted by atomic mass is 16.6. The van der Waals surface area contributed by atoms with E-state index < -0.39 is 36.0 Å². The van der Waals surface area contributed by atoms with Crippen LogP contribution in [-0.2, 0) is 9.53 Å². The third-order valence-electron chi connectivity index (χ3n) is 1.32. The lowest BCUT2D eigenvalue weighted by Gasteiger charge is -2.22. The van der Waals surface area contributed by atoms with Gasteiger partial charge in [-0.3, -0.25) is 0 Å². The van der Waals surface area contributed by atoms with E-state index in [1.54, 1.807) is 34.6 Å². The molecule has 0 radical (unpaired) electrons. The number of carboxylic acids is 1. The minimum absolute atomic E-state index is 0.0851. The van der Waals surface area contributed by atoms with Gasteiger partial charge in [-0.15, -0.1) is 0 Å². The molecule has 16 heavy (non-hydrogen) atoms. The Morgan fingerprint density at radius 2 is 2.06 bits per heavy atom. The first-order chi connectivity index (χ1) is 8.34. The van der Waals surface area contributed by atoms with Crippen molar-refractivity contribution < 1.29 is 23.6 Å². The molecule has 94 valence electrons. The largest absolute Gasteiger partial charge is 0.480 e. The number of ether oxygens (including phenoxy) is 1. The number of carbonyl (C=O) groups is 2. The predicted molar refractivity (Wildman–Crippen MR) is 60.2 cm³/mol. The number of nitrogens with one attached hydrogen (secondary N) is 1. The topological polar surface area (TPSA) is 75.6 Å². The van der Waals surface area contributed by atoms with Crippen molar-refractivity contribution >= 4 is 12.1 Å². The molecule has 5 heteroatoms. The maximum atomic E-state index is 11.7. The maximum Gasteiger partial charge on any atom is 0.408 e. The summed E-state index contributed by atoms with van der Waals surface area (Å²) in [6.45, 7) is 7.78. The number of hydrogen-bond donors (Lipinski definition) is 2. The predicted octanol–water partition coefficient (Wildman–Crippen LogP) is 2.01. The van der Waals surface area contributed by atoms with Crippen molar-refractivity contribution in [3.63, 3.8) is 0 Å². The lowest BCUT2D eigenvalue weighted by molar-refractivity contribution is -0.139. The first-order valence-corrected chi connectivity index (χ1v) is 5.01. The van der Waals surface area contributed by atoms with E-state index in [-0.39, 0.29) is 5.31 Å². The van der Waals surface area contributed by atoms with Gasteiger partial charge in [-0.2, -0.15) is 0 Å². The zero-order valence-electron chi connectivity index (χ0n) is 13.3. The quantitative estimate of drug-likeness (QED) is 0.780. The van der Waals surface area contributed by atoms with Gasteiger partial charge in [-0.05, 0) is 33.1 Å². The van der Waals surface area contributed by atoms with E-state index in [0.29, 0.717) is 0 Å². The van der Waals surface area contributed by atoms with E-state index in [0.717, 1.165) is 0 Å². The number of rotatable bonds is 4. The molecule has 0 saturated heterocycles. The van der Waals surface area contributed by atoms with E-state index in [2.05, 4.69) is 0 Å². The Morgan fingerprint density at radius 3 is 2.38 bits per heavy atom. The lowest BCUT2D eigenvalue weighted by Crippen LogP contribution is -2.44. The molecule has 0 aromatic heterocycles. The standard InChI is InChI=1S/C11H21NO4/c1-7(2)6-8(9(13)14)12-10(15)16-11(3,4)5/h7-8H,6H2,1-5H3,(H,12,15)(H,13,14)/t8-/m0/s1/i6D,8D/hD/t6?,8-. The van der Waals surface area contributed by atoms with Gasteiger partial charge in [-0.1, -0.05) is 13.8 Å². The number of alkyl carbamates (subject to hydrolysis) is 1. The summed E-state index contributed by atoms with van der Waals surface area (Å²) in [6, 6.07) is -2.71. The molecule has 0 rings (SSSR count). The highest BCUT2D eigenvalue weighted by molar-refractivity contribution is 5.79. The summed E-state index contributed by atoms with van der Waals surface area (Å²) >= 11 is 0. The molecule has 0 fully saturated rings. The van der Waals surface area contributed by atoms with Crippen molar-refractivity contribution in [3.8, 4) is 0 Å². The number of carbonyl (C=O) groups excluding carboxylic acids is 1. The molecule has 0 saturated carbocycles. The SMILES string of the molecule is [2H]C(C(C)C)[C@@]([2H])(C(=O)O)N([2H])C(=O)OC(C)(C)C. The molecule has 5 nitrogen and oxygen atoms in total. The molecule has 0 heterocycles. The van der Waals surface area contributed by atoms with Crippen LogP contribution in [0.3, 0.4) is 0 Å². The molecule has 0 aromatic carbocycles. The van der Waals surface area contributed by atoms with Crippen LogP contribution < -0.4 is 5.31 Å². The molecule has 0 bridgehead atoms. The van der Waals surface area contributed by atoms with Crippen molar-refractivity contribution in [1.29, 1.82) is 0 Å². The van der Waals surface area contributed by atoms with Crippen molar-refractivity contribution in [2.45, 2.75) is 52.6 Å². The molecule has 0 aliphatic carbocycles. The summed E-state index contributed by atoms with van der Waals surface area (Å²) in [5.41, 5.74) is -0.912. The van der Waals surface area contributed by atoms with Crippen molar-refractivity contribution in [3.05, 3.63) is 0 Å². The Balaban J connectivity index is 5.31. The fraction of sp³-hybridized carbons (Fsp3) is 0.818. The Morgan fingerprint density at radius 1 is 1.56 bits per heavy atom. The summed E-state index contributed by atoms with van der Waals surface area (Å²) in [5, 5.41) is 9.01. The second kappa shape index (κ2) is 5.72. The van der Waals surface area contributed by atoms with Crippen LogP contribution in [0, 0.1) is 5.92 Å². The number of amides is 1. The van der Waals surface area contributed by atoms with E-state index in [1.165, 1.54) is 0 Å². The van der Waals surface area contributed by atoms with Gasteiger partial charge < -0.3 is 15.2 Å². The fourth-order valence-electron chi connectivity index (χ4n) is 0.855. The highest BCUT2D eigenvalue weighted by Crippen LogP contribution is 2.09. The number of aliphatic carboxylic acids is 1. The summed E-state index contributed by atoms with van der Waals surface area (Å²) < 4.78 is 27.9. The Bertz CT molecular complexity index is 356. The van der Waals surface area contributed by atoms with Gasteiger partial charge in [0.05, 0.1) is 1.37 Å². The minimum atomic E-state index is -2.71. The second-order valence-corrected chi connectivity index (χ2v) is 4.69. The van der Waals surface area contributed by atoms with Crippen LogP contribution in [-0.4, -0.2) is 28.8 Å². The van der Waals surface area contributed by atoms with Gasteiger partial charge in [0.25, 0.3) is 0 Å². The zero-order valence-corrected chi connectivity index (χ0v) is 10.3. The van der Waals surface area contributed by atoms with Gasteiger partial charge in [0, 0.05) is 1.37 Å². The van der Waals surface area contributed by atoms with Gasteiger partial charge in [0.15, 0.2) is 1.41 Å². The smallest absolute Gasteiger partial charge is 0.408 e. The summed E-state index contributed by atoms with van der Waals surface area (Å²) in [6.07, 6.45) is -2.74. The third kappa shape index (κ3) is 7.09. The normalized spacial score (nSPS) is 20.0. The monoisotopic (exact) mass is 234 g/mol. The zero-order chi connectivity index (χ0) is 15.6. The van der Waals surface area contributed by atoms with Crippen LogP contribution in [0.5, 0.6) is 0 Å². The molecular formula is C11H21NO4. The highest BCUT2D eigenvalue weighted by Gasteiger charge is 2.24. The number of carboxylic acid groups (broad SMARTS) is 1. The lowest BCUT2D eigenvalue weighted by atomic mass is 10.0. The summed E-state index contributed by atoms with van der Waals surface area (Å²) in [5.74, 6) is -2.24. The summed E-state index contributed by atoms with van der Waals surface area (Å²) in [4.78, 5) is 22.9. The van der Waals surface area contributed by atoms with Crippen LogP contribution in [0.25, 0.3) is 0 Å². The van der Waals surface area contributed by atoms with E-state index >= 15 is 0 Å². The van der Waals surface area contributed by atoms with E-state index in [1.807, 2.05) is 0 Å². The average Bonchev–Trinajstić information content (AvgIpc) is 2.22. The minimum Gasteiger partial charge on any atom is -0.480 e.